The predicted molar refractivity (Wildman–Crippen MR) is 88.7 cm³/mol. The molecule has 1 N–H and O–H groups in total. The second kappa shape index (κ2) is 7.35. The maximum Gasteiger partial charge on any atom is 0.224 e. The third-order valence-electron chi connectivity index (χ3n) is 4.53. The molecular formula is C17H23N5O. The summed E-state index contributed by atoms with van der Waals surface area (Å²) in [7, 11) is 1.80. The van der Waals surface area contributed by atoms with E-state index in [0.717, 1.165) is 23.6 Å². The number of hydrogen-bond donors (Lipinski definition) is 1. The standard InChI is InChI=1S/C17H23N5O/c1-22-17(19-20-21-22)14-8-5-9-15(12-14)18-16(23)11-10-13-6-3-2-4-7-13/h5,8-9,12-13H,2-4,6-7,10-11H2,1H3,(H,18,23). The summed E-state index contributed by atoms with van der Waals surface area (Å²) in [5.41, 5.74) is 1.68. The molecule has 1 fully saturated rings. The first-order chi connectivity index (χ1) is 11.2. The number of nitrogens with one attached hydrogen (secondary N) is 1. The number of nitrogens with zero attached hydrogens (tertiary/aromatic N) is 4. The fourth-order valence-corrected chi connectivity index (χ4v) is 3.24. The maximum atomic E-state index is 12.2. The van der Waals surface area contributed by atoms with Gasteiger partial charge in [-0.2, -0.15) is 0 Å². The summed E-state index contributed by atoms with van der Waals surface area (Å²) in [5, 5.41) is 14.5. The van der Waals surface area contributed by atoms with Crippen molar-refractivity contribution in [3.63, 3.8) is 0 Å². The van der Waals surface area contributed by atoms with E-state index in [1.807, 2.05) is 24.3 Å². The lowest BCUT2D eigenvalue weighted by Crippen LogP contribution is -2.14. The first-order valence-electron chi connectivity index (χ1n) is 8.35. The Morgan fingerprint density at radius 2 is 2.13 bits per heavy atom. The molecule has 122 valence electrons. The van der Waals surface area contributed by atoms with Gasteiger partial charge in [0.05, 0.1) is 0 Å². The van der Waals surface area contributed by atoms with Crippen molar-refractivity contribution in [1.29, 1.82) is 0 Å². The lowest BCUT2D eigenvalue weighted by molar-refractivity contribution is -0.116. The van der Waals surface area contributed by atoms with Gasteiger partial charge in [-0.15, -0.1) is 5.10 Å². The zero-order valence-corrected chi connectivity index (χ0v) is 13.5. The third kappa shape index (κ3) is 4.15. The largest absolute Gasteiger partial charge is 0.326 e. The van der Waals surface area contributed by atoms with Gasteiger partial charge in [0.2, 0.25) is 5.91 Å². The second-order valence-electron chi connectivity index (χ2n) is 6.30. The molecular weight excluding hydrogens is 290 g/mol. The van der Waals surface area contributed by atoms with Crippen molar-refractivity contribution < 1.29 is 4.79 Å². The summed E-state index contributed by atoms with van der Waals surface area (Å²) in [4.78, 5) is 12.2. The zero-order valence-electron chi connectivity index (χ0n) is 13.5. The molecule has 0 saturated heterocycles. The SMILES string of the molecule is Cn1nnnc1-c1cccc(NC(=O)CCC2CCCCC2)c1. The van der Waals surface area contributed by atoms with Crippen molar-refractivity contribution in [2.75, 3.05) is 5.32 Å². The molecule has 0 atom stereocenters. The molecule has 0 aliphatic heterocycles. The Bertz CT molecular complexity index is 661. The van der Waals surface area contributed by atoms with Gasteiger partial charge in [-0.1, -0.05) is 44.2 Å². The maximum absolute atomic E-state index is 12.2. The van der Waals surface area contributed by atoms with Crippen LogP contribution in [-0.4, -0.2) is 26.1 Å². The molecule has 0 spiro atoms. The van der Waals surface area contributed by atoms with Crippen LogP contribution in [0.25, 0.3) is 11.4 Å². The number of carbonyl (C=O) groups is 1. The number of benzene rings is 1. The smallest absolute Gasteiger partial charge is 0.224 e. The molecule has 0 radical (unpaired) electrons. The highest BCUT2D eigenvalue weighted by Crippen LogP contribution is 2.27. The van der Waals surface area contributed by atoms with Gasteiger partial charge in [0.25, 0.3) is 0 Å². The normalized spacial score (nSPS) is 15.5. The molecule has 0 unspecified atom stereocenters. The number of carbonyl (C=O) groups excluding carboxylic acids is 1. The lowest BCUT2D eigenvalue weighted by atomic mass is 9.86. The molecule has 1 amide bonds. The Morgan fingerprint density at radius 3 is 2.87 bits per heavy atom. The van der Waals surface area contributed by atoms with Gasteiger partial charge in [-0.05, 0) is 34.9 Å². The van der Waals surface area contributed by atoms with Gasteiger partial charge in [0.15, 0.2) is 5.82 Å². The first-order valence-corrected chi connectivity index (χ1v) is 8.35. The van der Waals surface area contributed by atoms with Crippen LogP contribution in [0.3, 0.4) is 0 Å². The van der Waals surface area contributed by atoms with Crippen molar-refractivity contribution in [3.05, 3.63) is 24.3 Å². The van der Waals surface area contributed by atoms with E-state index in [0.29, 0.717) is 12.2 Å². The zero-order chi connectivity index (χ0) is 16.1. The van der Waals surface area contributed by atoms with E-state index in [2.05, 4.69) is 20.8 Å². The van der Waals surface area contributed by atoms with Crippen LogP contribution in [0.15, 0.2) is 24.3 Å². The number of amides is 1. The van der Waals surface area contributed by atoms with Crippen molar-refractivity contribution in [2.45, 2.75) is 44.9 Å². The summed E-state index contributed by atoms with van der Waals surface area (Å²) in [6.07, 6.45) is 8.15. The highest BCUT2D eigenvalue weighted by atomic mass is 16.1. The van der Waals surface area contributed by atoms with Gasteiger partial charge in [-0.3, -0.25) is 4.79 Å². The Balaban J connectivity index is 1.57. The molecule has 1 aromatic carbocycles. The highest BCUT2D eigenvalue weighted by Gasteiger charge is 2.15. The van der Waals surface area contributed by atoms with Gasteiger partial charge < -0.3 is 5.32 Å². The summed E-state index contributed by atoms with van der Waals surface area (Å²) >= 11 is 0. The van der Waals surface area contributed by atoms with Crippen molar-refractivity contribution >= 4 is 11.6 Å². The average molecular weight is 313 g/mol. The molecule has 6 nitrogen and oxygen atoms in total. The Labute approximate surface area is 136 Å². The first kappa shape index (κ1) is 15.6. The van der Waals surface area contributed by atoms with E-state index in [-0.39, 0.29) is 5.91 Å². The number of hydrogen-bond acceptors (Lipinski definition) is 4. The molecule has 1 saturated carbocycles. The minimum atomic E-state index is 0.0869. The number of anilines is 1. The Kier molecular flexibility index (Phi) is 5.00. The lowest BCUT2D eigenvalue weighted by Gasteiger charge is -2.21. The molecule has 1 aromatic heterocycles. The molecule has 1 heterocycles. The number of tetrazole rings is 1. The minimum absolute atomic E-state index is 0.0869. The van der Waals surface area contributed by atoms with E-state index < -0.39 is 0 Å². The van der Waals surface area contributed by atoms with Gasteiger partial charge >= 0.3 is 0 Å². The van der Waals surface area contributed by atoms with Gasteiger partial charge in [0.1, 0.15) is 0 Å². The number of aryl methyl sites for hydroxylation is 1. The van der Waals surface area contributed by atoms with E-state index in [1.165, 1.54) is 32.1 Å². The van der Waals surface area contributed by atoms with Crippen molar-refractivity contribution in [3.8, 4) is 11.4 Å². The fourth-order valence-electron chi connectivity index (χ4n) is 3.24. The monoisotopic (exact) mass is 313 g/mol. The molecule has 1 aliphatic carbocycles. The van der Waals surface area contributed by atoms with E-state index in [4.69, 9.17) is 0 Å². The van der Waals surface area contributed by atoms with Gasteiger partial charge in [-0.25, -0.2) is 4.68 Å². The fraction of sp³-hybridized carbons (Fsp3) is 0.529. The second-order valence-corrected chi connectivity index (χ2v) is 6.30. The van der Waals surface area contributed by atoms with Crippen LogP contribution in [0.1, 0.15) is 44.9 Å². The van der Waals surface area contributed by atoms with E-state index in [9.17, 15) is 4.79 Å². The minimum Gasteiger partial charge on any atom is -0.326 e. The van der Waals surface area contributed by atoms with Crippen LogP contribution in [-0.2, 0) is 11.8 Å². The average Bonchev–Trinajstić information content (AvgIpc) is 3.00. The van der Waals surface area contributed by atoms with E-state index in [1.54, 1.807) is 11.7 Å². The number of rotatable bonds is 5. The topological polar surface area (TPSA) is 72.7 Å². The molecule has 2 aromatic rings. The number of aromatic nitrogens is 4. The molecule has 6 heteroatoms. The van der Waals surface area contributed by atoms with Crippen molar-refractivity contribution in [2.24, 2.45) is 13.0 Å². The third-order valence-corrected chi connectivity index (χ3v) is 4.53. The van der Waals surface area contributed by atoms with Gasteiger partial charge in [0, 0.05) is 24.7 Å². The van der Waals surface area contributed by atoms with Crippen LogP contribution in [0, 0.1) is 5.92 Å². The van der Waals surface area contributed by atoms with Crippen LogP contribution >= 0.6 is 0 Å². The molecule has 1 aliphatic rings. The van der Waals surface area contributed by atoms with Crippen LogP contribution in [0.2, 0.25) is 0 Å². The van der Waals surface area contributed by atoms with Crippen LogP contribution in [0.5, 0.6) is 0 Å². The summed E-state index contributed by atoms with van der Waals surface area (Å²) in [6.45, 7) is 0. The molecule has 0 bridgehead atoms. The summed E-state index contributed by atoms with van der Waals surface area (Å²) in [6, 6.07) is 7.64. The molecule has 3 rings (SSSR count). The van der Waals surface area contributed by atoms with Crippen LogP contribution < -0.4 is 5.32 Å². The van der Waals surface area contributed by atoms with Crippen LogP contribution in [0.4, 0.5) is 5.69 Å². The Hall–Kier alpha value is -2.24. The highest BCUT2D eigenvalue weighted by molar-refractivity contribution is 5.91. The van der Waals surface area contributed by atoms with E-state index >= 15 is 0 Å². The van der Waals surface area contributed by atoms with Crippen molar-refractivity contribution in [1.82, 2.24) is 20.2 Å². The molecule has 23 heavy (non-hydrogen) atoms. The summed E-state index contributed by atoms with van der Waals surface area (Å²) in [5.74, 6) is 1.50. The summed E-state index contributed by atoms with van der Waals surface area (Å²) < 4.78 is 1.62. The quantitative estimate of drug-likeness (QED) is 0.920. The Morgan fingerprint density at radius 1 is 1.30 bits per heavy atom. The predicted octanol–water partition coefficient (Wildman–Crippen LogP) is 3.18.